The van der Waals surface area contributed by atoms with Crippen LogP contribution in [0.25, 0.3) is 0 Å². The first-order valence-corrected chi connectivity index (χ1v) is 5.43. The zero-order valence-corrected chi connectivity index (χ0v) is 10.3. The van der Waals surface area contributed by atoms with E-state index in [4.69, 9.17) is 5.73 Å². The largest absolute Gasteiger partial charge is 0.322 e. The summed E-state index contributed by atoms with van der Waals surface area (Å²) in [6, 6.07) is -0.530. The molecule has 3 N–H and O–H groups in total. The molecule has 1 unspecified atom stereocenters. The number of nitrogens with zero attached hydrogens (tertiary/aromatic N) is 2. The quantitative estimate of drug-likeness (QED) is 0.810. The second kappa shape index (κ2) is 4.65. The highest BCUT2D eigenvalue weighted by molar-refractivity contribution is 5.94. The SMILES string of the molecule is CCn1cc(NC(=O)C(N)C(C)(C)C)cn1. The van der Waals surface area contributed by atoms with Crippen molar-refractivity contribution in [3.8, 4) is 0 Å². The van der Waals surface area contributed by atoms with Gasteiger partial charge in [-0.25, -0.2) is 0 Å². The third-order valence-electron chi connectivity index (χ3n) is 2.44. The molecule has 1 aromatic heterocycles. The summed E-state index contributed by atoms with van der Waals surface area (Å²) >= 11 is 0. The van der Waals surface area contributed by atoms with E-state index >= 15 is 0 Å². The average Bonchev–Trinajstić information content (AvgIpc) is 2.63. The smallest absolute Gasteiger partial charge is 0.241 e. The number of aromatic nitrogens is 2. The monoisotopic (exact) mass is 224 g/mol. The molecule has 0 saturated heterocycles. The maximum atomic E-state index is 11.8. The number of amides is 1. The van der Waals surface area contributed by atoms with E-state index in [9.17, 15) is 4.79 Å². The van der Waals surface area contributed by atoms with Gasteiger partial charge in [-0.2, -0.15) is 5.10 Å². The van der Waals surface area contributed by atoms with Gasteiger partial charge in [0, 0.05) is 12.7 Å². The fourth-order valence-electron chi connectivity index (χ4n) is 1.21. The molecule has 1 atom stereocenters. The third kappa shape index (κ3) is 3.06. The number of nitrogens with two attached hydrogens (primary N) is 1. The number of hydrogen-bond acceptors (Lipinski definition) is 3. The minimum absolute atomic E-state index is 0.178. The number of nitrogens with one attached hydrogen (secondary N) is 1. The first kappa shape index (κ1) is 12.7. The number of carbonyl (C=O) groups excluding carboxylic acids is 1. The second-order valence-corrected chi connectivity index (χ2v) is 4.92. The molecule has 0 aliphatic carbocycles. The van der Waals surface area contributed by atoms with Crippen molar-refractivity contribution >= 4 is 11.6 Å². The lowest BCUT2D eigenvalue weighted by molar-refractivity contribution is -0.119. The highest BCUT2D eigenvalue weighted by Gasteiger charge is 2.27. The second-order valence-electron chi connectivity index (χ2n) is 4.92. The van der Waals surface area contributed by atoms with E-state index < -0.39 is 6.04 Å². The molecule has 1 aromatic rings. The van der Waals surface area contributed by atoms with Gasteiger partial charge in [-0.3, -0.25) is 9.48 Å². The lowest BCUT2D eigenvalue weighted by Crippen LogP contribution is -2.45. The summed E-state index contributed by atoms with van der Waals surface area (Å²) < 4.78 is 1.75. The minimum Gasteiger partial charge on any atom is -0.322 e. The van der Waals surface area contributed by atoms with Gasteiger partial charge in [0.2, 0.25) is 5.91 Å². The molecule has 90 valence electrons. The maximum absolute atomic E-state index is 11.8. The molecular weight excluding hydrogens is 204 g/mol. The number of anilines is 1. The Balaban J connectivity index is 2.64. The normalized spacial score (nSPS) is 13.6. The zero-order valence-electron chi connectivity index (χ0n) is 10.3. The van der Waals surface area contributed by atoms with Gasteiger partial charge in [0.15, 0.2) is 0 Å². The van der Waals surface area contributed by atoms with E-state index in [-0.39, 0.29) is 11.3 Å². The molecule has 0 saturated carbocycles. The van der Waals surface area contributed by atoms with E-state index in [2.05, 4.69) is 10.4 Å². The van der Waals surface area contributed by atoms with Crippen molar-refractivity contribution in [3.63, 3.8) is 0 Å². The van der Waals surface area contributed by atoms with Crippen molar-refractivity contribution < 1.29 is 4.79 Å². The molecule has 0 spiro atoms. The summed E-state index contributed by atoms with van der Waals surface area (Å²) in [6.07, 6.45) is 3.41. The fraction of sp³-hybridized carbons (Fsp3) is 0.636. The van der Waals surface area contributed by atoms with Gasteiger partial charge in [0.1, 0.15) is 0 Å². The van der Waals surface area contributed by atoms with Gasteiger partial charge < -0.3 is 11.1 Å². The summed E-state index contributed by atoms with van der Waals surface area (Å²) in [6.45, 7) is 8.58. The molecule has 0 aliphatic heterocycles. The van der Waals surface area contributed by atoms with Crippen molar-refractivity contribution in [3.05, 3.63) is 12.4 Å². The Bertz CT molecular complexity index is 364. The molecule has 5 nitrogen and oxygen atoms in total. The Morgan fingerprint density at radius 3 is 2.69 bits per heavy atom. The lowest BCUT2D eigenvalue weighted by Gasteiger charge is -2.25. The standard InChI is InChI=1S/C11H20N4O/c1-5-15-7-8(6-13-15)14-10(16)9(12)11(2,3)4/h6-7,9H,5,12H2,1-4H3,(H,14,16). The summed E-state index contributed by atoms with van der Waals surface area (Å²) in [5, 5.41) is 6.83. The van der Waals surface area contributed by atoms with Crippen LogP contribution in [0.3, 0.4) is 0 Å². The van der Waals surface area contributed by atoms with E-state index in [1.54, 1.807) is 17.1 Å². The maximum Gasteiger partial charge on any atom is 0.241 e. The van der Waals surface area contributed by atoms with Crippen LogP contribution in [0.2, 0.25) is 0 Å². The van der Waals surface area contributed by atoms with Crippen molar-refractivity contribution in [1.29, 1.82) is 0 Å². The number of carbonyl (C=O) groups is 1. The van der Waals surface area contributed by atoms with Gasteiger partial charge in [-0.15, -0.1) is 0 Å². The Morgan fingerprint density at radius 1 is 1.62 bits per heavy atom. The molecule has 0 bridgehead atoms. The van der Waals surface area contributed by atoms with Crippen molar-refractivity contribution in [1.82, 2.24) is 9.78 Å². The van der Waals surface area contributed by atoms with Crippen LogP contribution in [0.15, 0.2) is 12.4 Å². The van der Waals surface area contributed by atoms with Crippen molar-refractivity contribution in [2.45, 2.75) is 40.3 Å². The van der Waals surface area contributed by atoms with Gasteiger partial charge in [0.25, 0.3) is 0 Å². The molecule has 0 fully saturated rings. The van der Waals surface area contributed by atoms with Crippen LogP contribution in [-0.4, -0.2) is 21.7 Å². The molecule has 5 heteroatoms. The molecule has 1 heterocycles. The first-order chi connectivity index (χ1) is 7.34. The highest BCUT2D eigenvalue weighted by Crippen LogP contribution is 2.18. The highest BCUT2D eigenvalue weighted by atomic mass is 16.2. The predicted octanol–water partition coefficient (Wildman–Crippen LogP) is 1.21. The van der Waals surface area contributed by atoms with E-state index in [0.29, 0.717) is 5.69 Å². The molecule has 1 amide bonds. The zero-order chi connectivity index (χ0) is 12.3. The van der Waals surface area contributed by atoms with Crippen LogP contribution in [0.1, 0.15) is 27.7 Å². The van der Waals surface area contributed by atoms with Gasteiger partial charge >= 0.3 is 0 Å². The summed E-state index contributed by atoms with van der Waals surface area (Å²) in [5.74, 6) is -0.178. The van der Waals surface area contributed by atoms with E-state index in [1.165, 1.54) is 0 Å². The van der Waals surface area contributed by atoms with Crippen LogP contribution < -0.4 is 11.1 Å². The molecule has 0 aliphatic rings. The van der Waals surface area contributed by atoms with Gasteiger partial charge in [0.05, 0.1) is 17.9 Å². The molecular formula is C11H20N4O. The number of aryl methyl sites for hydroxylation is 1. The third-order valence-corrected chi connectivity index (χ3v) is 2.44. The van der Waals surface area contributed by atoms with Gasteiger partial charge in [-0.1, -0.05) is 20.8 Å². The Kier molecular flexibility index (Phi) is 3.70. The molecule has 16 heavy (non-hydrogen) atoms. The topological polar surface area (TPSA) is 72.9 Å². The predicted molar refractivity (Wildman–Crippen MR) is 64.0 cm³/mol. The molecule has 0 aromatic carbocycles. The average molecular weight is 224 g/mol. The van der Waals surface area contributed by atoms with Crippen LogP contribution in [0, 0.1) is 5.41 Å². The number of rotatable bonds is 3. The molecule has 0 radical (unpaired) electrons. The number of hydrogen-bond donors (Lipinski definition) is 2. The van der Waals surface area contributed by atoms with Gasteiger partial charge in [-0.05, 0) is 12.3 Å². The van der Waals surface area contributed by atoms with Crippen LogP contribution in [-0.2, 0) is 11.3 Å². The van der Waals surface area contributed by atoms with Crippen LogP contribution in [0.5, 0.6) is 0 Å². The van der Waals surface area contributed by atoms with Crippen LogP contribution in [0.4, 0.5) is 5.69 Å². The van der Waals surface area contributed by atoms with E-state index in [1.807, 2.05) is 27.7 Å². The summed E-state index contributed by atoms with van der Waals surface area (Å²) in [5.41, 5.74) is 6.28. The van der Waals surface area contributed by atoms with Crippen LogP contribution >= 0.6 is 0 Å². The Hall–Kier alpha value is -1.36. The molecule has 1 rings (SSSR count). The lowest BCUT2D eigenvalue weighted by atomic mass is 9.87. The van der Waals surface area contributed by atoms with Crippen molar-refractivity contribution in [2.24, 2.45) is 11.1 Å². The van der Waals surface area contributed by atoms with Crippen molar-refractivity contribution in [2.75, 3.05) is 5.32 Å². The minimum atomic E-state index is -0.530. The first-order valence-electron chi connectivity index (χ1n) is 5.43. The Labute approximate surface area is 96.0 Å². The summed E-state index contributed by atoms with van der Waals surface area (Å²) in [4.78, 5) is 11.8. The summed E-state index contributed by atoms with van der Waals surface area (Å²) in [7, 11) is 0. The fourth-order valence-corrected chi connectivity index (χ4v) is 1.21. The Morgan fingerprint density at radius 2 is 2.25 bits per heavy atom. The van der Waals surface area contributed by atoms with E-state index in [0.717, 1.165) is 6.54 Å².